The third-order valence-electron chi connectivity index (χ3n) is 5.84. The fourth-order valence-electron chi connectivity index (χ4n) is 4.44. The zero-order valence-electron chi connectivity index (χ0n) is 15.2. The van der Waals surface area contributed by atoms with E-state index in [0.717, 1.165) is 18.6 Å². The number of nitrogens with zero attached hydrogens (tertiary/aromatic N) is 1. The van der Waals surface area contributed by atoms with Gasteiger partial charge in [-0.2, -0.15) is 0 Å². The molecule has 2 N–H and O–H groups in total. The maximum atomic E-state index is 3.85. The van der Waals surface area contributed by atoms with E-state index in [0.29, 0.717) is 12.1 Å². The van der Waals surface area contributed by atoms with E-state index in [1.807, 2.05) is 0 Å². The first-order chi connectivity index (χ1) is 10.9. The van der Waals surface area contributed by atoms with Crippen LogP contribution >= 0.6 is 0 Å². The van der Waals surface area contributed by atoms with Gasteiger partial charge in [-0.3, -0.25) is 0 Å². The molecule has 0 aromatic heterocycles. The quantitative estimate of drug-likeness (QED) is 0.843. The molecule has 2 saturated heterocycles. The SMILES string of the molecule is C[C@H](NC(C)(C)CNC1C[C@H]2CC[C@@H](C1)N2C)c1ccccc1. The van der Waals surface area contributed by atoms with Crippen LogP contribution in [0.5, 0.6) is 0 Å². The van der Waals surface area contributed by atoms with Crippen LogP contribution in [0.1, 0.15) is 58.1 Å². The highest BCUT2D eigenvalue weighted by Gasteiger charge is 2.38. The van der Waals surface area contributed by atoms with Gasteiger partial charge in [0.1, 0.15) is 0 Å². The van der Waals surface area contributed by atoms with E-state index in [9.17, 15) is 0 Å². The summed E-state index contributed by atoms with van der Waals surface area (Å²) in [5.74, 6) is 0. The lowest BCUT2D eigenvalue weighted by Crippen LogP contribution is -2.54. The Morgan fingerprint density at radius 3 is 2.35 bits per heavy atom. The van der Waals surface area contributed by atoms with Crippen molar-refractivity contribution in [3.63, 3.8) is 0 Å². The van der Waals surface area contributed by atoms with Gasteiger partial charge in [-0.15, -0.1) is 0 Å². The van der Waals surface area contributed by atoms with Crippen molar-refractivity contribution in [2.75, 3.05) is 13.6 Å². The molecule has 0 radical (unpaired) electrons. The van der Waals surface area contributed by atoms with Gasteiger partial charge in [0.15, 0.2) is 0 Å². The summed E-state index contributed by atoms with van der Waals surface area (Å²) in [5.41, 5.74) is 1.45. The number of hydrogen-bond donors (Lipinski definition) is 2. The molecule has 0 saturated carbocycles. The molecule has 2 heterocycles. The van der Waals surface area contributed by atoms with Crippen molar-refractivity contribution >= 4 is 0 Å². The summed E-state index contributed by atoms with van der Waals surface area (Å²) in [4.78, 5) is 2.61. The summed E-state index contributed by atoms with van der Waals surface area (Å²) in [6.45, 7) is 7.90. The van der Waals surface area contributed by atoms with E-state index >= 15 is 0 Å². The molecule has 1 unspecified atom stereocenters. The van der Waals surface area contributed by atoms with Gasteiger partial charge in [0.05, 0.1) is 0 Å². The summed E-state index contributed by atoms with van der Waals surface area (Å²) >= 11 is 0. The molecule has 23 heavy (non-hydrogen) atoms. The second-order valence-electron chi connectivity index (χ2n) is 8.26. The summed E-state index contributed by atoms with van der Waals surface area (Å²) in [6.07, 6.45) is 5.42. The van der Waals surface area contributed by atoms with Gasteiger partial charge >= 0.3 is 0 Å². The summed E-state index contributed by atoms with van der Waals surface area (Å²) < 4.78 is 0. The zero-order chi connectivity index (χ0) is 16.4. The van der Waals surface area contributed by atoms with Crippen molar-refractivity contribution in [2.24, 2.45) is 0 Å². The highest BCUT2D eigenvalue weighted by Crippen LogP contribution is 2.34. The van der Waals surface area contributed by atoms with Gasteiger partial charge < -0.3 is 15.5 Å². The van der Waals surface area contributed by atoms with Gasteiger partial charge in [0.2, 0.25) is 0 Å². The van der Waals surface area contributed by atoms with E-state index in [1.165, 1.54) is 31.2 Å². The van der Waals surface area contributed by atoms with Crippen molar-refractivity contribution < 1.29 is 0 Å². The fraction of sp³-hybridized carbons (Fsp3) is 0.700. The Morgan fingerprint density at radius 1 is 1.13 bits per heavy atom. The van der Waals surface area contributed by atoms with Gasteiger partial charge in [0.25, 0.3) is 0 Å². The highest BCUT2D eigenvalue weighted by molar-refractivity contribution is 5.18. The van der Waals surface area contributed by atoms with Crippen LogP contribution in [0.15, 0.2) is 30.3 Å². The lowest BCUT2D eigenvalue weighted by Gasteiger charge is -2.39. The Morgan fingerprint density at radius 2 is 1.74 bits per heavy atom. The van der Waals surface area contributed by atoms with Crippen LogP contribution in [0.4, 0.5) is 0 Å². The number of piperidine rings is 1. The second kappa shape index (κ2) is 6.92. The highest BCUT2D eigenvalue weighted by atomic mass is 15.2. The van der Waals surface area contributed by atoms with Crippen LogP contribution in [-0.2, 0) is 0 Å². The monoisotopic (exact) mass is 315 g/mol. The molecule has 0 aliphatic carbocycles. The molecule has 2 bridgehead atoms. The van der Waals surface area contributed by atoms with Crippen LogP contribution in [0.3, 0.4) is 0 Å². The Kier molecular flexibility index (Phi) is 5.10. The lowest BCUT2D eigenvalue weighted by molar-refractivity contribution is 0.144. The normalized spacial score (nSPS) is 29.7. The van der Waals surface area contributed by atoms with Gasteiger partial charge in [-0.05, 0) is 59.1 Å². The first-order valence-corrected chi connectivity index (χ1v) is 9.22. The molecule has 0 spiro atoms. The third kappa shape index (κ3) is 4.14. The minimum atomic E-state index is 0.0949. The molecular formula is C20H33N3. The standard InChI is InChI=1S/C20H33N3/c1-15(16-8-6-5-7-9-16)22-20(2,3)14-21-17-12-18-10-11-19(13-17)23(18)4/h5-9,15,17-19,21-22H,10-14H2,1-4H3/t15-,17?,18-,19+/m0/s1. The fourth-order valence-corrected chi connectivity index (χ4v) is 4.44. The first-order valence-electron chi connectivity index (χ1n) is 9.22. The molecule has 2 fully saturated rings. The lowest BCUT2D eigenvalue weighted by atomic mass is 9.96. The third-order valence-corrected chi connectivity index (χ3v) is 5.84. The number of hydrogen-bond acceptors (Lipinski definition) is 3. The Hall–Kier alpha value is -0.900. The van der Waals surface area contributed by atoms with E-state index in [2.05, 4.69) is 73.7 Å². The Labute approximate surface area is 141 Å². The molecule has 2 aliphatic heterocycles. The summed E-state index contributed by atoms with van der Waals surface area (Å²) in [5, 5.41) is 7.64. The predicted octanol–water partition coefficient (Wildman–Crippen LogP) is 3.33. The number of fused-ring (bicyclic) bond motifs is 2. The predicted molar refractivity (Wildman–Crippen MR) is 97.7 cm³/mol. The first kappa shape index (κ1) is 16.9. The second-order valence-corrected chi connectivity index (χ2v) is 8.26. The van der Waals surface area contributed by atoms with Crippen molar-refractivity contribution in [2.45, 2.75) is 76.2 Å². The van der Waals surface area contributed by atoms with Crippen LogP contribution in [0, 0.1) is 0 Å². The van der Waals surface area contributed by atoms with Crippen molar-refractivity contribution in [1.82, 2.24) is 15.5 Å². The summed E-state index contributed by atoms with van der Waals surface area (Å²) in [6, 6.07) is 13.4. The topological polar surface area (TPSA) is 27.3 Å². The Balaban J connectivity index is 1.49. The van der Waals surface area contributed by atoms with Gasteiger partial charge in [-0.25, -0.2) is 0 Å². The molecule has 3 heteroatoms. The maximum absolute atomic E-state index is 3.85. The molecule has 1 aromatic carbocycles. The van der Waals surface area contributed by atoms with Gasteiger partial charge in [0, 0.05) is 36.3 Å². The molecular weight excluding hydrogens is 282 g/mol. The van der Waals surface area contributed by atoms with E-state index < -0.39 is 0 Å². The van der Waals surface area contributed by atoms with Crippen LogP contribution in [-0.4, -0.2) is 42.2 Å². The van der Waals surface area contributed by atoms with E-state index in [4.69, 9.17) is 0 Å². The van der Waals surface area contributed by atoms with Crippen LogP contribution in [0.2, 0.25) is 0 Å². The van der Waals surface area contributed by atoms with Crippen molar-refractivity contribution in [3.8, 4) is 0 Å². The average molecular weight is 316 g/mol. The molecule has 2 aliphatic rings. The average Bonchev–Trinajstić information content (AvgIpc) is 2.75. The minimum Gasteiger partial charge on any atom is -0.312 e. The smallest absolute Gasteiger partial charge is 0.0297 e. The van der Waals surface area contributed by atoms with E-state index in [-0.39, 0.29) is 5.54 Å². The Bertz CT molecular complexity index is 485. The molecule has 0 amide bonds. The van der Waals surface area contributed by atoms with Crippen LogP contribution < -0.4 is 10.6 Å². The number of nitrogens with one attached hydrogen (secondary N) is 2. The summed E-state index contributed by atoms with van der Waals surface area (Å²) in [7, 11) is 2.31. The van der Waals surface area contributed by atoms with Crippen LogP contribution in [0.25, 0.3) is 0 Å². The van der Waals surface area contributed by atoms with E-state index in [1.54, 1.807) is 0 Å². The largest absolute Gasteiger partial charge is 0.312 e. The van der Waals surface area contributed by atoms with Crippen molar-refractivity contribution in [1.29, 1.82) is 0 Å². The molecule has 1 aromatic rings. The van der Waals surface area contributed by atoms with Gasteiger partial charge in [-0.1, -0.05) is 30.3 Å². The molecule has 3 rings (SSSR count). The van der Waals surface area contributed by atoms with Crippen molar-refractivity contribution in [3.05, 3.63) is 35.9 Å². The maximum Gasteiger partial charge on any atom is 0.0297 e. The number of benzene rings is 1. The molecule has 4 atom stereocenters. The zero-order valence-corrected chi connectivity index (χ0v) is 15.2. The molecule has 3 nitrogen and oxygen atoms in total. The minimum absolute atomic E-state index is 0.0949. The molecule has 128 valence electrons. The number of rotatable bonds is 6.